The van der Waals surface area contributed by atoms with Crippen molar-refractivity contribution in [1.82, 2.24) is 0 Å². The summed E-state index contributed by atoms with van der Waals surface area (Å²) in [4.78, 5) is 26.6. The van der Waals surface area contributed by atoms with Gasteiger partial charge in [0.2, 0.25) is 5.91 Å². The number of nitrogens with zero attached hydrogens (tertiary/aromatic N) is 1. The van der Waals surface area contributed by atoms with Crippen molar-refractivity contribution in [3.63, 3.8) is 0 Å². The lowest BCUT2D eigenvalue weighted by molar-refractivity contribution is -0.136. The molecule has 0 radical (unpaired) electrons. The molecular weight excluding hydrogens is 345 g/mol. The number of esters is 1. The molecule has 4 nitrogen and oxygen atoms in total. The highest BCUT2D eigenvalue weighted by molar-refractivity contribution is 6.31. The van der Waals surface area contributed by atoms with Crippen LogP contribution in [0.2, 0.25) is 5.02 Å². The van der Waals surface area contributed by atoms with Crippen LogP contribution < -0.4 is 4.90 Å². The van der Waals surface area contributed by atoms with Gasteiger partial charge in [0.1, 0.15) is 12.4 Å². The third-order valence-corrected chi connectivity index (χ3v) is 4.81. The Kier molecular flexibility index (Phi) is 3.81. The van der Waals surface area contributed by atoms with Gasteiger partial charge in [0.25, 0.3) is 0 Å². The smallest absolute Gasteiger partial charge is 0.336 e. The Labute approximate surface area is 148 Å². The minimum absolute atomic E-state index is 0.0165. The van der Waals surface area contributed by atoms with E-state index in [1.807, 2.05) is 6.07 Å². The third kappa shape index (κ3) is 2.51. The number of rotatable bonds is 2. The molecule has 0 fully saturated rings. The van der Waals surface area contributed by atoms with Crippen LogP contribution in [0.25, 0.3) is 0 Å². The van der Waals surface area contributed by atoms with Crippen LogP contribution in [0.1, 0.15) is 17.9 Å². The predicted molar refractivity (Wildman–Crippen MR) is 90.7 cm³/mol. The molecule has 2 aliphatic heterocycles. The Morgan fingerprint density at radius 1 is 1.08 bits per heavy atom. The summed E-state index contributed by atoms with van der Waals surface area (Å²) in [5.41, 5.74) is 1.57. The molecule has 126 valence electrons. The molecule has 1 atom stereocenters. The molecule has 0 spiro atoms. The van der Waals surface area contributed by atoms with Crippen LogP contribution in [0.4, 0.5) is 10.1 Å². The SMILES string of the molecule is O=C1OCC2=C1[C@H](c1c(F)cccc1Cl)CC(=O)N2c1ccccc1. The van der Waals surface area contributed by atoms with Gasteiger partial charge in [0.15, 0.2) is 0 Å². The van der Waals surface area contributed by atoms with E-state index in [1.165, 1.54) is 17.0 Å². The molecule has 25 heavy (non-hydrogen) atoms. The van der Waals surface area contributed by atoms with Crippen molar-refractivity contribution in [2.45, 2.75) is 12.3 Å². The van der Waals surface area contributed by atoms with Gasteiger partial charge in [-0.25, -0.2) is 9.18 Å². The standard InChI is InChI=1S/C19H13ClFNO3/c20-13-7-4-8-14(21)17(13)12-9-16(23)22(11-5-2-1-3-6-11)15-10-25-19(24)18(12)15/h1-8,12H,9-10H2/t12-/m0/s1. The Hall–Kier alpha value is -2.66. The molecule has 0 saturated heterocycles. The Morgan fingerprint density at radius 3 is 2.56 bits per heavy atom. The average Bonchev–Trinajstić information content (AvgIpc) is 2.97. The van der Waals surface area contributed by atoms with Crippen LogP contribution in [0.15, 0.2) is 59.8 Å². The number of hydrogen-bond acceptors (Lipinski definition) is 3. The number of carbonyl (C=O) groups excluding carboxylic acids is 2. The zero-order valence-electron chi connectivity index (χ0n) is 13.0. The quantitative estimate of drug-likeness (QED) is 0.768. The van der Waals surface area contributed by atoms with E-state index in [0.717, 1.165) is 0 Å². The topological polar surface area (TPSA) is 46.6 Å². The maximum absolute atomic E-state index is 14.4. The molecular formula is C19H13ClFNO3. The van der Waals surface area contributed by atoms with Gasteiger partial charge in [0, 0.05) is 28.6 Å². The summed E-state index contributed by atoms with van der Waals surface area (Å²) in [5.74, 6) is -2.04. The first kappa shape index (κ1) is 15.8. The number of amides is 1. The number of cyclic esters (lactones) is 1. The van der Waals surface area contributed by atoms with Crippen molar-refractivity contribution in [3.05, 3.63) is 76.2 Å². The molecule has 6 heteroatoms. The highest BCUT2D eigenvalue weighted by Crippen LogP contribution is 2.44. The largest absolute Gasteiger partial charge is 0.456 e. The van der Waals surface area contributed by atoms with Crippen LogP contribution in [0, 0.1) is 5.82 Å². The highest BCUT2D eigenvalue weighted by Gasteiger charge is 2.44. The molecule has 2 heterocycles. The van der Waals surface area contributed by atoms with Crippen LogP contribution in [0.5, 0.6) is 0 Å². The molecule has 0 unspecified atom stereocenters. The number of ether oxygens (including phenoxy) is 1. The average molecular weight is 358 g/mol. The first-order chi connectivity index (χ1) is 12.1. The molecule has 2 aromatic carbocycles. The number of benzene rings is 2. The third-order valence-electron chi connectivity index (χ3n) is 4.48. The molecule has 0 aromatic heterocycles. The summed E-state index contributed by atoms with van der Waals surface area (Å²) in [6.45, 7) is -0.0165. The number of para-hydroxylation sites is 1. The molecule has 0 N–H and O–H groups in total. The zero-order valence-corrected chi connectivity index (χ0v) is 13.8. The summed E-state index contributed by atoms with van der Waals surface area (Å²) < 4.78 is 19.5. The number of anilines is 1. The van der Waals surface area contributed by atoms with Crippen molar-refractivity contribution in [2.75, 3.05) is 11.5 Å². The van der Waals surface area contributed by atoms with Crippen LogP contribution in [0.3, 0.4) is 0 Å². The molecule has 0 bridgehead atoms. The van der Waals surface area contributed by atoms with Crippen LogP contribution in [-0.4, -0.2) is 18.5 Å². The van der Waals surface area contributed by atoms with Gasteiger partial charge >= 0.3 is 5.97 Å². The van der Waals surface area contributed by atoms with Gasteiger partial charge in [-0.2, -0.15) is 0 Å². The zero-order chi connectivity index (χ0) is 17.6. The first-order valence-corrected chi connectivity index (χ1v) is 8.18. The maximum atomic E-state index is 14.4. The van der Waals surface area contributed by atoms with E-state index in [0.29, 0.717) is 17.0 Å². The minimum Gasteiger partial charge on any atom is -0.456 e. The van der Waals surface area contributed by atoms with E-state index in [-0.39, 0.29) is 29.5 Å². The lowest BCUT2D eigenvalue weighted by atomic mass is 9.83. The van der Waals surface area contributed by atoms with Crippen molar-refractivity contribution >= 4 is 29.2 Å². The molecule has 0 aliphatic carbocycles. The number of carbonyl (C=O) groups is 2. The molecule has 1 amide bonds. The molecule has 4 rings (SSSR count). The van der Waals surface area contributed by atoms with Gasteiger partial charge < -0.3 is 4.74 Å². The van der Waals surface area contributed by atoms with Gasteiger partial charge in [-0.3, -0.25) is 9.69 Å². The Bertz CT molecular complexity index is 890. The molecule has 2 aliphatic rings. The van der Waals surface area contributed by atoms with E-state index in [4.69, 9.17) is 16.3 Å². The summed E-state index contributed by atoms with van der Waals surface area (Å²) >= 11 is 6.16. The normalized spacial score (nSPS) is 19.9. The van der Waals surface area contributed by atoms with Crippen molar-refractivity contribution in [3.8, 4) is 0 Å². The fourth-order valence-corrected chi connectivity index (χ4v) is 3.72. The summed E-state index contributed by atoms with van der Waals surface area (Å²) in [6.07, 6.45) is -0.0521. The molecule has 2 aromatic rings. The number of hydrogen-bond donors (Lipinski definition) is 0. The second-order valence-electron chi connectivity index (χ2n) is 5.89. The van der Waals surface area contributed by atoms with Gasteiger partial charge in [-0.1, -0.05) is 35.9 Å². The van der Waals surface area contributed by atoms with Crippen molar-refractivity contribution in [2.24, 2.45) is 0 Å². The fraction of sp³-hybridized carbons (Fsp3) is 0.158. The summed E-state index contributed by atoms with van der Waals surface area (Å²) in [6, 6.07) is 13.3. The Balaban J connectivity index is 1.89. The van der Waals surface area contributed by atoms with E-state index < -0.39 is 17.7 Å². The van der Waals surface area contributed by atoms with Gasteiger partial charge in [0.05, 0.1) is 11.3 Å². The lowest BCUT2D eigenvalue weighted by Crippen LogP contribution is -2.37. The maximum Gasteiger partial charge on any atom is 0.336 e. The second kappa shape index (κ2) is 6.01. The summed E-state index contributed by atoms with van der Waals surface area (Å²) in [5, 5.41) is 0.192. The highest BCUT2D eigenvalue weighted by atomic mass is 35.5. The van der Waals surface area contributed by atoms with E-state index in [1.54, 1.807) is 30.3 Å². The summed E-state index contributed by atoms with van der Waals surface area (Å²) in [7, 11) is 0. The minimum atomic E-state index is -0.744. The van der Waals surface area contributed by atoms with E-state index in [2.05, 4.69) is 0 Å². The van der Waals surface area contributed by atoms with Gasteiger partial charge in [-0.15, -0.1) is 0 Å². The predicted octanol–water partition coefficient (Wildman–Crippen LogP) is 3.81. The second-order valence-corrected chi connectivity index (χ2v) is 6.30. The number of halogens is 2. The lowest BCUT2D eigenvalue weighted by Gasteiger charge is -2.32. The first-order valence-electron chi connectivity index (χ1n) is 7.80. The van der Waals surface area contributed by atoms with Crippen LogP contribution in [-0.2, 0) is 14.3 Å². The monoisotopic (exact) mass is 357 g/mol. The van der Waals surface area contributed by atoms with Gasteiger partial charge in [-0.05, 0) is 24.3 Å². The van der Waals surface area contributed by atoms with Crippen molar-refractivity contribution < 1.29 is 18.7 Å². The van der Waals surface area contributed by atoms with Crippen molar-refractivity contribution in [1.29, 1.82) is 0 Å². The van der Waals surface area contributed by atoms with E-state index in [9.17, 15) is 14.0 Å². The van der Waals surface area contributed by atoms with Crippen LogP contribution >= 0.6 is 11.6 Å². The molecule has 0 saturated carbocycles. The van der Waals surface area contributed by atoms with E-state index >= 15 is 0 Å². The Morgan fingerprint density at radius 2 is 1.84 bits per heavy atom. The fourth-order valence-electron chi connectivity index (χ4n) is 3.42.